The molecule has 0 aromatic rings. The number of rotatable bonds is 2. The first-order valence-corrected chi connectivity index (χ1v) is 2.22. The van der Waals surface area contributed by atoms with Gasteiger partial charge in [0, 0.05) is 17.4 Å². The molecule has 0 rings (SSSR count). The summed E-state index contributed by atoms with van der Waals surface area (Å²) in [4.78, 5) is 9.86. The number of aliphatic hydroxyl groups excluding tert-OH is 1. The topological polar surface area (TPSA) is 83.5 Å². The molecule has 2 unspecified atom stereocenters. The van der Waals surface area contributed by atoms with Crippen molar-refractivity contribution in [2.45, 2.75) is 19.1 Å². The summed E-state index contributed by atoms with van der Waals surface area (Å²) in [7, 11) is 0. The van der Waals surface area contributed by atoms with Gasteiger partial charge in [0.25, 0.3) is 0 Å². The molecule has 0 aliphatic heterocycles. The van der Waals surface area contributed by atoms with Gasteiger partial charge in [-0.25, -0.2) is 0 Å². The molecule has 0 amide bonds. The van der Waals surface area contributed by atoms with Gasteiger partial charge in [-0.05, 0) is 6.92 Å². The molecule has 0 heterocycles. The standard InChI is InChI=1S/C4H9NO3.Cr/c1-2(6)3(5)4(7)8;/h2-3,6H,5H2,1H3,(H,7,8);. The number of aliphatic carboxylic acids is 1. The quantitative estimate of drug-likeness (QED) is 0.486. The summed E-state index contributed by atoms with van der Waals surface area (Å²) in [5, 5.41) is 16.6. The normalized spacial score (nSPS) is 15.4. The van der Waals surface area contributed by atoms with E-state index in [9.17, 15) is 4.79 Å². The molecule has 0 bridgehead atoms. The van der Waals surface area contributed by atoms with Gasteiger partial charge in [-0.3, -0.25) is 4.79 Å². The van der Waals surface area contributed by atoms with Gasteiger partial charge in [-0.1, -0.05) is 0 Å². The number of carboxylic acids is 1. The Labute approximate surface area is 63.8 Å². The Morgan fingerprint density at radius 1 is 1.67 bits per heavy atom. The van der Waals surface area contributed by atoms with Crippen molar-refractivity contribution in [1.82, 2.24) is 0 Å². The maximum absolute atomic E-state index is 9.86. The Morgan fingerprint density at radius 2 is 2.00 bits per heavy atom. The Balaban J connectivity index is 0. The van der Waals surface area contributed by atoms with Crippen LogP contribution in [-0.4, -0.2) is 28.3 Å². The van der Waals surface area contributed by atoms with Gasteiger partial charge < -0.3 is 15.9 Å². The van der Waals surface area contributed by atoms with E-state index in [0.29, 0.717) is 0 Å². The van der Waals surface area contributed by atoms with Crippen molar-refractivity contribution in [3.8, 4) is 0 Å². The number of hydrogen-bond acceptors (Lipinski definition) is 3. The molecule has 4 N–H and O–H groups in total. The van der Waals surface area contributed by atoms with Crippen molar-refractivity contribution >= 4 is 5.97 Å². The smallest absolute Gasteiger partial charge is 0.323 e. The predicted molar refractivity (Wildman–Crippen MR) is 27.3 cm³/mol. The number of hydrogen-bond donors (Lipinski definition) is 3. The fraction of sp³-hybridized carbons (Fsp3) is 0.750. The second-order valence-electron chi connectivity index (χ2n) is 1.60. The Kier molecular flexibility index (Phi) is 6.19. The zero-order valence-corrected chi connectivity index (χ0v) is 6.22. The Bertz CT molecular complexity index is 95.8. The van der Waals surface area contributed by atoms with Crippen LogP contribution in [0.5, 0.6) is 0 Å². The molecule has 5 heteroatoms. The molecule has 2 atom stereocenters. The van der Waals surface area contributed by atoms with Gasteiger partial charge in [0.1, 0.15) is 6.04 Å². The second kappa shape index (κ2) is 4.77. The molecule has 54 valence electrons. The van der Waals surface area contributed by atoms with Crippen LogP contribution < -0.4 is 5.73 Å². The minimum atomic E-state index is -1.18. The van der Waals surface area contributed by atoms with E-state index in [1.807, 2.05) is 0 Å². The van der Waals surface area contributed by atoms with Crippen LogP contribution in [0.15, 0.2) is 0 Å². The Morgan fingerprint density at radius 3 is 2.00 bits per heavy atom. The molecule has 0 aromatic carbocycles. The third-order valence-corrected chi connectivity index (χ3v) is 0.805. The van der Waals surface area contributed by atoms with Crippen LogP contribution in [0.2, 0.25) is 0 Å². The maximum Gasteiger partial charge on any atom is 0.323 e. The Hall–Kier alpha value is -0.0775. The van der Waals surface area contributed by atoms with E-state index in [4.69, 9.17) is 15.9 Å². The first-order valence-electron chi connectivity index (χ1n) is 2.22. The summed E-state index contributed by atoms with van der Waals surface area (Å²) in [6, 6.07) is -1.16. The third kappa shape index (κ3) is 4.43. The summed E-state index contributed by atoms with van der Waals surface area (Å²) in [5.41, 5.74) is 4.91. The van der Waals surface area contributed by atoms with Crippen LogP contribution in [0.1, 0.15) is 6.92 Å². The zero-order valence-electron chi connectivity index (χ0n) is 4.94. The SMILES string of the molecule is CC(O)C(N)C(=O)O.[Cr]. The van der Waals surface area contributed by atoms with Gasteiger partial charge in [-0.15, -0.1) is 0 Å². The predicted octanol–water partition coefficient (Wildman–Crippen LogP) is -1.22. The molecule has 9 heavy (non-hydrogen) atoms. The van der Waals surface area contributed by atoms with Gasteiger partial charge in [-0.2, -0.15) is 0 Å². The van der Waals surface area contributed by atoms with Gasteiger partial charge >= 0.3 is 5.97 Å². The van der Waals surface area contributed by atoms with Gasteiger partial charge in [0.15, 0.2) is 0 Å². The molecule has 4 nitrogen and oxygen atoms in total. The largest absolute Gasteiger partial charge is 0.480 e. The number of aliphatic hydroxyl groups is 1. The van der Waals surface area contributed by atoms with Crippen LogP contribution in [0, 0.1) is 0 Å². The molecule has 0 aliphatic rings. The van der Waals surface area contributed by atoms with E-state index in [1.165, 1.54) is 6.92 Å². The van der Waals surface area contributed by atoms with E-state index in [2.05, 4.69) is 0 Å². The van der Waals surface area contributed by atoms with Crippen molar-refractivity contribution in [1.29, 1.82) is 0 Å². The first kappa shape index (κ1) is 11.7. The minimum Gasteiger partial charge on any atom is -0.480 e. The number of carboxylic acid groups (broad SMARTS) is 1. The van der Waals surface area contributed by atoms with Crippen LogP contribution in [0.4, 0.5) is 0 Å². The van der Waals surface area contributed by atoms with Crippen LogP contribution in [0.3, 0.4) is 0 Å². The van der Waals surface area contributed by atoms with Crippen molar-refractivity contribution in [3.63, 3.8) is 0 Å². The van der Waals surface area contributed by atoms with E-state index in [-0.39, 0.29) is 17.4 Å². The first-order chi connectivity index (χ1) is 3.55. The minimum absolute atomic E-state index is 0. The monoisotopic (exact) mass is 171 g/mol. The van der Waals surface area contributed by atoms with Crippen molar-refractivity contribution in [3.05, 3.63) is 0 Å². The summed E-state index contributed by atoms with van der Waals surface area (Å²) < 4.78 is 0. The van der Waals surface area contributed by atoms with E-state index in [1.54, 1.807) is 0 Å². The van der Waals surface area contributed by atoms with Crippen molar-refractivity contribution in [2.75, 3.05) is 0 Å². The van der Waals surface area contributed by atoms with Gasteiger partial charge in [0.05, 0.1) is 6.10 Å². The summed E-state index contributed by atoms with van der Waals surface area (Å²) >= 11 is 0. The summed E-state index contributed by atoms with van der Waals surface area (Å²) in [5.74, 6) is -1.18. The fourth-order valence-electron chi connectivity index (χ4n) is 0.206. The number of nitrogens with two attached hydrogens (primary N) is 1. The summed E-state index contributed by atoms with van der Waals surface area (Å²) in [6.45, 7) is 1.33. The van der Waals surface area contributed by atoms with Gasteiger partial charge in [0.2, 0.25) is 0 Å². The van der Waals surface area contributed by atoms with Crippen LogP contribution in [-0.2, 0) is 22.2 Å². The molecular weight excluding hydrogens is 162 g/mol. The molecule has 0 saturated heterocycles. The third-order valence-electron chi connectivity index (χ3n) is 0.805. The molecular formula is C4H9CrNO3. The van der Waals surface area contributed by atoms with E-state index in [0.717, 1.165) is 0 Å². The average molecular weight is 171 g/mol. The van der Waals surface area contributed by atoms with E-state index >= 15 is 0 Å². The van der Waals surface area contributed by atoms with Crippen LogP contribution in [0.25, 0.3) is 0 Å². The molecule has 0 aliphatic carbocycles. The molecule has 0 spiro atoms. The van der Waals surface area contributed by atoms with Crippen LogP contribution >= 0.6 is 0 Å². The fourth-order valence-corrected chi connectivity index (χ4v) is 0.206. The van der Waals surface area contributed by atoms with Crippen molar-refractivity contribution in [2.24, 2.45) is 5.73 Å². The maximum atomic E-state index is 9.86. The number of carbonyl (C=O) groups is 1. The second-order valence-corrected chi connectivity index (χ2v) is 1.60. The molecule has 0 saturated carbocycles. The molecule has 0 fully saturated rings. The van der Waals surface area contributed by atoms with Crippen molar-refractivity contribution < 1.29 is 32.4 Å². The molecule has 0 aromatic heterocycles. The van der Waals surface area contributed by atoms with E-state index < -0.39 is 18.1 Å². The average Bonchev–Trinajstić information content (AvgIpc) is 1.64. The zero-order chi connectivity index (χ0) is 6.73. The summed E-state index contributed by atoms with van der Waals surface area (Å²) in [6.07, 6.45) is -0.979. The molecule has 0 radical (unpaired) electrons.